The van der Waals surface area contributed by atoms with Gasteiger partial charge in [0, 0.05) is 10.9 Å². The molecular weight excluding hydrogens is 209 g/mol. The smallest absolute Gasteiger partial charge is 0.126 e. The van der Waals surface area contributed by atoms with E-state index in [1.807, 2.05) is 13.0 Å². The van der Waals surface area contributed by atoms with Crippen molar-refractivity contribution in [3.05, 3.63) is 29.1 Å². The lowest BCUT2D eigenvalue weighted by molar-refractivity contribution is 0.610. The van der Waals surface area contributed by atoms with Crippen LogP contribution in [0.1, 0.15) is 37.4 Å². The molecule has 0 amide bonds. The molecule has 15 heavy (non-hydrogen) atoms. The fourth-order valence-electron chi connectivity index (χ4n) is 1.36. The van der Waals surface area contributed by atoms with Gasteiger partial charge in [-0.15, -0.1) is 11.8 Å². The third-order valence-electron chi connectivity index (χ3n) is 2.24. The van der Waals surface area contributed by atoms with Crippen molar-refractivity contribution in [2.24, 2.45) is 5.73 Å². The number of benzene rings is 1. The Morgan fingerprint density at radius 3 is 2.67 bits per heavy atom. The summed E-state index contributed by atoms with van der Waals surface area (Å²) in [5.41, 5.74) is 7.43. The van der Waals surface area contributed by atoms with Crippen LogP contribution in [0.3, 0.4) is 0 Å². The van der Waals surface area contributed by atoms with Crippen LogP contribution in [0.15, 0.2) is 17.0 Å². The van der Waals surface area contributed by atoms with Crippen LogP contribution >= 0.6 is 11.8 Å². The van der Waals surface area contributed by atoms with Gasteiger partial charge in [-0.2, -0.15) is 0 Å². The summed E-state index contributed by atoms with van der Waals surface area (Å²) in [6.45, 7) is 5.81. The van der Waals surface area contributed by atoms with Gasteiger partial charge in [0.25, 0.3) is 0 Å². The first-order chi connectivity index (χ1) is 7.06. The summed E-state index contributed by atoms with van der Waals surface area (Å²) in [4.78, 5) is 1.12. The van der Waals surface area contributed by atoms with Crippen molar-refractivity contribution in [1.29, 1.82) is 0 Å². The zero-order valence-corrected chi connectivity index (χ0v) is 10.3. The number of hydrogen-bond acceptors (Lipinski definition) is 2. The first-order valence-electron chi connectivity index (χ1n) is 5.24. The van der Waals surface area contributed by atoms with Gasteiger partial charge in [0.15, 0.2) is 0 Å². The minimum atomic E-state index is -0.164. The summed E-state index contributed by atoms with van der Waals surface area (Å²) >= 11 is 1.75. The molecule has 0 aromatic heterocycles. The Bertz CT molecular complexity index is 337. The lowest BCUT2D eigenvalue weighted by Gasteiger charge is -2.13. The standard InChI is InChI=1S/C12H18FNS/c1-4-5-15-12-6-8(2)11(13)7-10(12)9(3)14/h6-7,9H,4-5,14H2,1-3H3/t9-/m1/s1. The molecule has 0 bridgehead atoms. The van der Waals surface area contributed by atoms with Crippen LogP contribution in [-0.4, -0.2) is 5.75 Å². The van der Waals surface area contributed by atoms with Gasteiger partial charge in [0.2, 0.25) is 0 Å². The molecule has 0 radical (unpaired) electrons. The van der Waals surface area contributed by atoms with E-state index >= 15 is 0 Å². The molecule has 1 aromatic carbocycles. The number of halogens is 1. The van der Waals surface area contributed by atoms with Crippen molar-refractivity contribution in [1.82, 2.24) is 0 Å². The topological polar surface area (TPSA) is 26.0 Å². The summed E-state index contributed by atoms with van der Waals surface area (Å²) in [6.07, 6.45) is 1.11. The average molecular weight is 227 g/mol. The Morgan fingerprint density at radius 2 is 2.13 bits per heavy atom. The van der Waals surface area contributed by atoms with Crippen LogP contribution < -0.4 is 5.73 Å². The third kappa shape index (κ3) is 3.21. The normalized spacial score (nSPS) is 12.9. The van der Waals surface area contributed by atoms with Crippen molar-refractivity contribution in [2.45, 2.75) is 38.1 Å². The fourth-order valence-corrected chi connectivity index (χ4v) is 2.46. The second kappa shape index (κ2) is 5.52. The van der Waals surface area contributed by atoms with E-state index in [9.17, 15) is 4.39 Å². The lowest BCUT2D eigenvalue weighted by Crippen LogP contribution is -2.07. The monoisotopic (exact) mass is 227 g/mol. The van der Waals surface area contributed by atoms with Gasteiger partial charge >= 0.3 is 0 Å². The predicted octanol–water partition coefficient (Wildman–Crippen LogP) is 3.66. The van der Waals surface area contributed by atoms with E-state index in [2.05, 4.69) is 6.92 Å². The van der Waals surface area contributed by atoms with E-state index in [0.29, 0.717) is 5.56 Å². The maximum absolute atomic E-state index is 13.4. The van der Waals surface area contributed by atoms with Crippen LogP contribution in [-0.2, 0) is 0 Å². The number of hydrogen-bond donors (Lipinski definition) is 1. The summed E-state index contributed by atoms with van der Waals surface area (Å²) in [5.74, 6) is 0.883. The van der Waals surface area contributed by atoms with Crippen LogP contribution in [0.2, 0.25) is 0 Å². The molecule has 1 aromatic rings. The molecule has 1 rings (SSSR count). The number of nitrogens with two attached hydrogens (primary N) is 1. The maximum atomic E-state index is 13.4. The Kier molecular flexibility index (Phi) is 4.61. The molecule has 1 atom stereocenters. The Labute approximate surface area is 95.2 Å². The molecule has 0 saturated carbocycles. The summed E-state index contributed by atoms with van der Waals surface area (Å²) < 4.78 is 13.4. The third-order valence-corrected chi connectivity index (χ3v) is 3.52. The van der Waals surface area contributed by atoms with Crippen LogP contribution in [0.4, 0.5) is 4.39 Å². The van der Waals surface area contributed by atoms with Crippen molar-refractivity contribution in [3.8, 4) is 0 Å². The number of aryl methyl sites for hydroxylation is 1. The number of rotatable bonds is 4. The van der Waals surface area contributed by atoms with Gasteiger partial charge in [-0.25, -0.2) is 4.39 Å². The highest BCUT2D eigenvalue weighted by atomic mass is 32.2. The van der Waals surface area contributed by atoms with Crippen LogP contribution in [0.5, 0.6) is 0 Å². The largest absolute Gasteiger partial charge is 0.324 e. The zero-order chi connectivity index (χ0) is 11.4. The molecule has 3 heteroatoms. The second-order valence-corrected chi connectivity index (χ2v) is 4.91. The van der Waals surface area contributed by atoms with Gasteiger partial charge in [-0.1, -0.05) is 6.92 Å². The van der Waals surface area contributed by atoms with Gasteiger partial charge in [0.05, 0.1) is 0 Å². The van der Waals surface area contributed by atoms with E-state index in [0.717, 1.165) is 22.6 Å². The van der Waals surface area contributed by atoms with Crippen LogP contribution in [0.25, 0.3) is 0 Å². The Morgan fingerprint density at radius 1 is 1.47 bits per heavy atom. The summed E-state index contributed by atoms with van der Waals surface area (Å²) in [6, 6.07) is 3.35. The second-order valence-electron chi connectivity index (χ2n) is 3.78. The molecule has 0 spiro atoms. The van der Waals surface area contributed by atoms with Crippen molar-refractivity contribution < 1.29 is 4.39 Å². The van der Waals surface area contributed by atoms with E-state index in [1.165, 1.54) is 0 Å². The SMILES string of the molecule is CCCSc1cc(C)c(F)cc1[C@@H](C)N. The molecular formula is C12H18FNS. The van der Waals surface area contributed by atoms with Gasteiger partial charge in [-0.3, -0.25) is 0 Å². The van der Waals surface area contributed by atoms with Crippen molar-refractivity contribution in [3.63, 3.8) is 0 Å². The first-order valence-corrected chi connectivity index (χ1v) is 6.23. The highest BCUT2D eigenvalue weighted by Gasteiger charge is 2.10. The highest BCUT2D eigenvalue weighted by molar-refractivity contribution is 7.99. The van der Waals surface area contributed by atoms with E-state index in [-0.39, 0.29) is 11.9 Å². The summed E-state index contributed by atoms with van der Waals surface area (Å²) in [7, 11) is 0. The summed E-state index contributed by atoms with van der Waals surface area (Å²) in [5, 5.41) is 0. The fraction of sp³-hybridized carbons (Fsp3) is 0.500. The molecule has 0 aliphatic heterocycles. The first kappa shape index (κ1) is 12.5. The predicted molar refractivity (Wildman–Crippen MR) is 64.8 cm³/mol. The van der Waals surface area contributed by atoms with E-state index < -0.39 is 0 Å². The average Bonchev–Trinajstić information content (AvgIpc) is 2.19. The zero-order valence-electron chi connectivity index (χ0n) is 9.51. The van der Waals surface area contributed by atoms with E-state index in [4.69, 9.17) is 5.73 Å². The highest BCUT2D eigenvalue weighted by Crippen LogP contribution is 2.29. The molecule has 84 valence electrons. The molecule has 0 aliphatic rings. The minimum absolute atomic E-state index is 0.112. The molecule has 0 heterocycles. The molecule has 2 N–H and O–H groups in total. The van der Waals surface area contributed by atoms with Crippen molar-refractivity contribution >= 4 is 11.8 Å². The maximum Gasteiger partial charge on any atom is 0.126 e. The van der Waals surface area contributed by atoms with Crippen molar-refractivity contribution in [2.75, 3.05) is 5.75 Å². The van der Waals surface area contributed by atoms with Gasteiger partial charge < -0.3 is 5.73 Å². The van der Waals surface area contributed by atoms with Crippen LogP contribution in [0, 0.1) is 12.7 Å². The lowest BCUT2D eigenvalue weighted by atomic mass is 10.1. The minimum Gasteiger partial charge on any atom is -0.324 e. The molecule has 0 fully saturated rings. The molecule has 0 saturated heterocycles. The Hall–Kier alpha value is -0.540. The number of thioether (sulfide) groups is 1. The Balaban J connectivity index is 3.04. The molecule has 1 nitrogen and oxygen atoms in total. The van der Waals surface area contributed by atoms with Gasteiger partial charge in [0.1, 0.15) is 5.82 Å². The molecule has 0 aliphatic carbocycles. The quantitative estimate of drug-likeness (QED) is 0.794. The van der Waals surface area contributed by atoms with Gasteiger partial charge in [-0.05, 0) is 49.3 Å². The molecule has 0 unspecified atom stereocenters. The van der Waals surface area contributed by atoms with E-state index in [1.54, 1.807) is 24.8 Å².